The predicted octanol–water partition coefficient (Wildman–Crippen LogP) is 3.37. The third-order valence-electron chi connectivity index (χ3n) is 4.08. The van der Waals surface area contributed by atoms with E-state index in [2.05, 4.69) is 28.8 Å². The molecule has 1 amide bonds. The lowest BCUT2D eigenvalue weighted by molar-refractivity contribution is 0.0773. The first kappa shape index (κ1) is 22.4. The Kier molecular flexibility index (Phi) is 11.6. The Labute approximate surface area is 163 Å². The highest BCUT2D eigenvalue weighted by Gasteiger charge is 2.11. The molecule has 0 spiro atoms. The molecular formula is C20H34N4OS. The quantitative estimate of drug-likeness (QED) is 0.352. The molecule has 0 aliphatic heterocycles. The molecule has 0 unspecified atom stereocenters. The fourth-order valence-electron chi connectivity index (χ4n) is 2.54. The van der Waals surface area contributed by atoms with Gasteiger partial charge >= 0.3 is 0 Å². The normalized spacial score (nSPS) is 11.3. The van der Waals surface area contributed by atoms with Crippen LogP contribution in [-0.2, 0) is 6.54 Å². The molecule has 26 heavy (non-hydrogen) atoms. The Morgan fingerprint density at radius 1 is 1.08 bits per heavy atom. The van der Waals surface area contributed by atoms with E-state index in [0.29, 0.717) is 6.54 Å². The predicted molar refractivity (Wildman–Crippen MR) is 114 cm³/mol. The van der Waals surface area contributed by atoms with Gasteiger partial charge in [0.15, 0.2) is 5.96 Å². The number of carbonyl (C=O) groups excluding carboxylic acids is 1. The van der Waals surface area contributed by atoms with Crippen LogP contribution in [0.1, 0.15) is 49.5 Å². The van der Waals surface area contributed by atoms with Gasteiger partial charge in [-0.3, -0.25) is 4.79 Å². The first-order valence-electron chi connectivity index (χ1n) is 9.55. The molecular weight excluding hydrogens is 344 g/mol. The van der Waals surface area contributed by atoms with Crippen LogP contribution in [0.4, 0.5) is 0 Å². The van der Waals surface area contributed by atoms with Gasteiger partial charge in [0, 0.05) is 31.7 Å². The van der Waals surface area contributed by atoms with Crippen molar-refractivity contribution in [2.45, 2.75) is 40.2 Å². The second-order valence-electron chi connectivity index (χ2n) is 6.00. The van der Waals surface area contributed by atoms with Crippen molar-refractivity contribution in [3.05, 3.63) is 35.4 Å². The van der Waals surface area contributed by atoms with Crippen molar-refractivity contribution in [3.8, 4) is 0 Å². The van der Waals surface area contributed by atoms with E-state index < -0.39 is 0 Å². The van der Waals surface area contributed by atoms with E-state index in [-0.39, 0.29) is 5.91 Å². The van der Waals surface area contributed by atoms with Crippen molar-refractivity contribution < 1.29 is 4.79 Å². The van der Waals surface area contributed by atoms with Crippen LogP contribution in [0.2, 0.25) is 0 Å². The van der Waals surface area contributed by atoms with Crippen LogP contribution < -0.4 is 10.6 Å². The van der Waals surface area contributed by atoms with Crippen LogP contribution >= 0.6 is 11.8 Å². The molecule has 0 saturated carbocycles. The molecule has 0 radical (unpaired) electrons. The van der Waals surface area contributed by atoms with Crippen molar-refractivity contribution in [2.75, 3.05) is 38.2 Å². The van der Waals surface area contributed by atoms with Crippen LogP contribution in [0.15, 0.2) is 29.3 Å². The third kappa shape index (κ3) is 8.13. The molecule has 5 nitrogen and oxygen atoms in total. The summed E-state index contributed by atoms with van der Waals surface area (Å²) < 4.78 is 0. The number of benzene rings is 1. The van der Waals surface area contributed by atoms with E-state index in [9.17, 15) is 4.79 Å². The Bertz CT molecular complexity index is 541. The van der Waals surface area contributed by atoms with E-state index in [0.717, 1.165) is 49.7 Å². The van der Waals surface area contributed by atoms with Gasteiger partial charge < -0.3 is 15.5 Å². The van der Waals surface area contributed by atoms with Crippen molar-refractivity contribution in [1.29, 1.82) is 0 Å². The molecule has 0 saturated heterocycles. The molecule has 0 bridgehead atoms. The standard InChI is InChI=1S/C20H34N4OS/c1-5-21-20(22-14-8-9-15-26-4)23-16-17-10-12-18(13-11-17)19(25)24(6-2)7-3/h10-13H,5-9,14-16H2,1-4H3,(H2,21,22,23). The lowest BCUT2D eigenvalue weighted by Gasteiger charge is -2.18. The second kappa shape index (κ2) is 13.5. The van der Waals surface area contributed by atoms with E-state index in [1.807, 2.05) is 54.8 Å². The number of carbonyl (C=O) groups is 1. The third-order valence-corrected chi connectivity index (χ3v) is 4.78. The molecule has 1 rings (SSSR count). The summed E-state index contributed by atoms with van der Waals surface area (Å²) in [6.45, 7) is 9.91. The molecule has 0 aliphatic carbocycles. The summed E-state index contributed by atoms with van der Waals surface area (Å²) in [5, 5.41) is 6.65. The van der Waals surface area contributed by atoms with Crippen LogP contribution in [-0.4, -0.2) is 55.0 Å². The number of nitrogens with one attached hydrogen (secondary N) is 2. The summed E-state index contributed by atoms with van der Waals surface area (Å²) in [4.78, 5) is 18.8. The maximum Gasteiger partial charge on any atom is 0.253 e. The molecule has 0 aromatic heterocycles. The minimum atomic E-state index is 0.0882. The Hall–Kier alpha value is -1.69. The zero-order valence-corrected chi connectivity index (χ0v) is 17.5. The fraction of sp³-hybridized carbons (Fsp3) is 0.600. The molecule has 146 valence electrons. The minimum absolute atomic E-state index is 0.0882. The van der Waals surface area contributed by atoms with Gasteiger partial charge in [0.25, 0.3) is 5.91 Å². The number of rotatable bonds is 11. The van der Waals surface area contributed by atoms with Crippen molar-refractivity contribution >= 4 is 23.6 Å². The van der Waals surface area contributed by atoms with Gasteiger partial charge in [-0.05, 0) is 63.3 Å². The molecule has 0 atom stereocenters. The molecule has 1 aromatic rings. The van der Waals surface area contributed by atoms with Crippen LogP contribution in [0, 0.1) is 0 Å². The van der Waals surface area contributed by atoms with E-state index in [1.165, 1.54) is 12.2 Å². The van der Waals surface area contributed by atoms with Gasteiger partial charge in [-0.15, -0.1) is 0 Å². The Morgan fingerprint density at radius 3 is 2.35 bits per heavy atom. The number of hydrogen-bond donors (Lipinski definition) is 2. The largest absolute Gasteiger partial charge is 0.357 e. The number of unbranched alkanes of at least 4 members (excludes halogenated alkanes) is 1. The highest BCUT2D eigenvalue weighted by atomic mass is 32.2. The van der Waals surface area contributed by atoms with Crippen molar-refractivity contribution in [1.82, 2.24) is 15.5 Å². The van der Waals surface area contributed by atoms with Gasteiger partial charge in [-0.25, -0.2) is 4.99 Å². The van der Waals surface area contributed by atoms with Gasteiger partial charge in [-0.1, -0.05) is 12.1 Å². The number of guanidine groups is 1. The zero-order chi connectivity index (χ0) is 19.2. The van der Waals surface area contributed by atoms with Crippen LogP contribution in [0.25, 0.3) is 0 Å². The molecule has 6 heteroatoms. The minimum Gasteiger partial charge on any atom is -0.357 e. The Morgan fingerprint density at radius 2 is 1.77 bits per heavy atom. The summed E-state index contributed by atoms with van der Waals surface area (Å²) in [5.41, 5.74) is 1.83. The lowest BCUT2D eigenvalue weighted by Crippen LogP contribution is -2.37. The molecule has 0 fully saturated rings. The first-order valence-corrected chi connectivity index (χ1v) is 10.9. The topological polar surface area (TPSA) is 56.7 Å². The highest BCUT2D eigenvalue weighted by molar-refractivity contribution is 7.98. The van der Waals surface area contributed by atoms with Gasteiger partial charge in [0.1, 0.15) is 0 Å². The summed E-state index contributed by atoms with van der Waals surface area (Å²) >= 11 is 1.89. The molecule has 0 heterocycles. The molecule has 0 aliphatic rings. The van der Waals surface area contributed by atoms with Gasteiger partial charge in [0.05, 0.1) is 6.54 Å². The number of nitrogens with zero attached hydrogens (tertiary/aromatic N) is 2. The first-order chi connectivity index (χ1) is 12.7. The SMILES string of the molecule is CCNC(=NCc1ccc(C(=O)N(CC)CC)cc1)NCCCCSC. The van der Waals surface area contributed by atoms with Crippen LogP contribution in [0.5, 0.6) is 0 Å². The summed E-state index contributed by atoms with van der Waals surface area (Å²) in [6, 6.07) is 7.77. The van der Waals surface area contributed by atoms with Crippen LogP contribution in [0.3, 0.4) is 0 Å². The number of hydrogen-bond acceptors (Lipinski definition) is 3. The van der Waals surface area contributed by atoms with E-state index >= 15 is 0 Å². The second-order valence-corrected chi connectivity index (χ2v) is 6.98. The molecule has 2 N–H and O–H groups in total. The number of amides is 1. The van der Waals surface area contributed by atoms with Gasteiger partial charge in [0.2, 0.25) is 0 Å². The average molecular weight is 379 g/mol. The lowest BCUT2D eigenvalue weighted by atomic mass is 10.1. The Balaban J connectivity index is 2.59. The van der Waals surface area contributed by atoms with E-state index in [1.54, 1.807) is 0 Å². The summed E-state index contributed by atoms with van der Waals surface area (Å²) in [5.74, 6) is 2.14. The number of thioether (sulfide) groups is 1. The zero-order valence-electron chi connectivity index (χ0n) is 16.7. The molecule has 1 aromatic carbocycles. The number of aliphatic imine (C=N–C) groups is 1. The van der Waals surface area contributed by atoms with Crippen molar-refractivity contribution in [3.63, 3.8) is 0 Å². The van der Waals surface area contributed by atoms with Crippen molar-refractivity contribution in [2.24, 2.45) is 4.99 Å². The van der Waals surface area contributed by atoms with E-state index in [4.69, 9.17) is 0 Å². The average Bonchev–Trinajstić information content (AvgIpc) is 2.67. The fourth-order valence-corrected chi connectivity index (χ4v) is 3.03. The van der Waals surface area contributed by atoms with Gasteiger partial charge in [-0.2, -0.15) is 11.8 Å². The summed E-state index contributed by atoms with van der Waals surface area (Å²) in [7, 11) is 0. The monoisotopic (exact) mass is 378 g/mol. The maximum atomic E-state index is 12.3. The smallest absolute Gasteiger partial charge is 0.253 e. The highest BCUT2D eigenvalue weighted by Crippen LogP contribution is 2.09. The maximum absolute atomic E-state index is 12.3. The summed E-state index contributed by atoms with van der Waals surface area (Å²) in [6.07, 6.45) is 4.50.